The number of unbranched alkanes of at least 4 members (excludes halogenated alkanes) is 16. The third kappa shape index (κ3) is 32.7. The van der Waals surface area contributed by atoms with Crippen LogP contribution in [-0.4, -0.2) is 96.0 Å². The minimum absolute atomic E-state index is 0.137. The fourth-order valence-corrected chi connectivity index (χ4v) is 7.44. The Morgan fingerprint density at radius 2 is 1.05 bits per heavy atom. The normalized spacial score (nSPS) is 20.5. The minimum atomic E-state index is -4.61. The molecular weight excluding hydrogens is 813 g/mol. The molecule has 1 aliphatic heterocycles. The van der Waals surface area contributed by atoms with Crippen LogP contribution in [0.1, 0.15) is 168 Å². The Labute approximate surface area is 374 Å². The molecule has 4 N–H and O–H groups in total. The lowest BCUT2D eigenvalue weighted by Crippen LogP contribution is -2.60. The van der Waals surface area contributed by atoms with E-state index in [9.17, 15) is 37.9 Å². The van der Waals surface area contributed by atoms with Crippen molar-refractivity contribution in [2.45, 2.75) is 205 Å². The number of aliphatic hydroxyl groups excluding tert-OH is 3. The molecule has 0 bridgehead atoms. The lowest BCUT2D eigenvalue weighted by Gasteiger charge is -2.40. The number of aliphatic hydroxyl groups is 3. The summed E-state index contributed by atoms with van der Waals surface area (Å²) in [5.41, 5.74) is 0. The molecule has 0 amide bonds. The summed E-state index contributed by atoms with van der Waals surface area (Å²) in [5, 5.41) is 30.9. The zero-order valence-electron chi connectivity index (χ0n) is 37.9. The molecule has 0 aliphatic carbocycles. The quantitative estimate of drug-likeness (QED) is 0.0151. The van der Waals surface area contributed by atoms with Crippen LogP contribution in [0.2, 0.25) is 0 Å². The second kappa shape index (κ2) is 38.5. The second-order valence-electron chi connectivity index (χ2n) is 16.1. The maximum absolute atomic E-state index is 12.8. The summed E-state index contributed by atoms with van der Waals surface area (Å²) < 4.78 is 54.1. The van der Waals surface area contributed by atoms with E-state index in [1.807, 2.05) is 24.3 Å². The summed E-state index contributed by atoms with van der Waals surface area (Å²) in [6.07, 6.45) is 39.5. The van der Waals surface area contributed by atoms with Crippen LogP contribution in [-0.2, 0) is 38.7 Å². The van der Waals surface area contributed by atoms with Crippen LogP contribution in [0.5, 0.6) is 0 Å². The third-order valence-electron chi connectivity index (χ3n) is 10.3. The zero-order chi connectivity index (χ0) is 45.5. The topological polar surface area (TPSA) is 186 Å². The standard InChI is InChI=1S/C49H82O12S/c1-3-5-7-9-11-13-15-17-18-19-20-21-22-23-24-26-27-29-31-33-35-37-44(50)58-39-42(40-59-49-48(54)47(53)46(52)43(61-49)41-62(55,56)57)60-45(51)38-36-34-32-30-28-25-16-14-12-10-8-6-4-2/h5-8,10-14,16-18,42-43,46-49,52-54H,3-4,9,15,19-41H2,1-2H3,(H,55,56,57)/b7-5+,8-6+,12-10+,13-11+,16-14+,18-17+/t42?,43-,46-,47?,48?,49+/m1/s1. The Hall–Kier alpha value is -2.91. The molecule has 0 aromatic heterocycles. The average Bonchev–Trinajstić information content (AvgIpc) is 3.24. The molecule has 1 aliphatic rings. The minimum Gasteiger partial charge on any atom is -0.462 e. The first-order valence-corrected chi connectivity index (χ1v) is 25.1. The van der Waals surface area contributed by atoms with Crippen LogP contribution in [0.25, 0.3) is 0 Å². The highest BCUT2D eigenvalue weighted by molar-refractivity contribution is 7.85. The van der Waals surface area contributed by atoms with Gasteiger partial charge in [-0.05, 0) is 64.2 Å². The first-order chi connectivity index (χ1) is 30.0. The van der Waals surface area contributed by atoms with Gasteiger partial charge in [0.15, 0.2) is 12.4 Å². The number of rotatable bonds is 38. The maximum Gasteiger partial charge on any atom is 0.306 e. The van der Waals surface area contributed by atoms with Crippen molar-refractivity contribution in [2.75, 3.05) is 19.0 Å². The van der Waals surface area contributed by atoms with E-state index in [1.54, 1.807) is 0 Å². The molecule has 3 unspecified atom stereocenters. The predicted octanol–water partition coefficient (Wildman–Crippen LogP) is 9.89. The van der Waals surface area contributed by atoms with Gasteiger partial charge in [0.1, 0.15) is 36.8 Å². The van der Waals surface area contributed by atoms with Crippen molar-refractivity contribution in [3.8, 4) is 0 Å². The van der Waals surface area contributed by atoms with Crippen molar-refractivity contribution in [2.24, 2.45) is 0 Å². The number of carbonyl (C=O) groups excluding carboxylic acids is 2. The fourth-order valence-electron chi connectivity index (χ4n) is 6.75. The van der Waals surface area contributed by atoms with E-state index in [-0.39, 0.29) is 19.4 Å². The highest BCUT2D eigenvalue weighted by Crippen LogP contribution is 2.24. The molecule has 62 heavy (non-hydrogen) atoms. The number of ether oxygens (including phenoxy) is 4. The van der Waals surface area contributed by atoms with Gasteiger partial charge in [0.2, 0.25) is 0 Å². The summed E-state index contributed by atoms with van der Waals surface area (Å²) in [6.45, 7) is 3.49. The predicted molar refractivity (Wildman–Crippen MR) is 247 cm³/mol. The molecule has 1 saturated heterocycles. The molecule has 1 rings (SSSR count). The smallest absolute Gasteiger partial charge is 0.306 e. The van der Waals surface area contributed by atoms with Crippen molar-refractivity contribution in [1.29, 1.82) is 0 Å². The van der Waals surface area contributed by atoms with Gasteiger partial charge in [-0.15, -0.1) is 0 Å². The molecule has 1 heterocycles. The third-order valence-corrected chi connectivity index (χ3v) is 11.1. The summed E-state index contributed by atoms with van der Waals surface area (Å²) >= 11 is 0. The molecule has 356 valence electrons. The second-order valence-corrected chi connectivity index (χ2v) is 17.6. The Morgan fingerprint density at radius 3 is 1.61 bits per heavy atom. The Bertz CT molecular complexity index is 1420. The van der Waals surface area contributed by atoms with Crippen molar-refractivity contribution in [3.63, 3.8) is 0 Å². The molecule has 12 nitrogen and oxygen atoms in total. The average molecular weight is 895 g/mol. The lowest BCUT2D eigenvalue weighted by atomic mass is 10.00. The number of hydrogen-bond acceptors (Lipinski definition) is 11. The number of allylic oxidation sites excluding steroid dienone is 12. The van der Waals surface area contributed by atoms with Gasteiger partial charge in [-0.3, -0.25) is 14.1 Å². The van der Waals surface area contributed by atoms with Gasteiger partial charge in [0.05, 0.1) is 6.61 Å². The Kier molecular flexibility index (Phi) is 35.5. The Morgan fingerprint density at radius 1 is 0.565 bits per heavy atom. The van der Waals surface area contributed by atoms with Crippen molar-refractivity contribution in [1.82, 2.24) is 0 Å². The molecule has 0 radical (unpaired) electrons. The van der Waals surface area contributed by atoms with E-state index in [4.69, 9.17) is 18.9 Å². The van der Waals surface area contributed by atoms with E-state index in [2.05, 4.69) is 62.5 Å². The van der Waals surface area contributed by atoms with Crippen LogP contribution < -0.4 is 0 Å². The van der Waals surface area contributed by atoms with Gasteiger partial charge in [0, 0.05) is 12.8 Å². The van der Waals surface area contributed by atoms with Gasteiger partial charge in [0.25, 0.3) is 10.1 Å². The lowest BCUT2D eigenvalue weighted by molar-refractivity contribution is -0.297. The largest absolute Gasteiger partial charge is 0.462 e. The number of hydrogen-bond donors (Lipinski definition) is 4. The molecular formula is C49H82O12S. The van der Waals surface area contributed by atoms with E-state index in [0.29, 0.717) is 12.8 Å². The summed E-state index contributed by atoms with van der Waals surface area (Å²) in [5.74, 6) is -2.02. The molecule has 0 saturated carbocycles. The summed E-state index contributed by atoms with van der Waals surface area (Å²) in [6, 6.07) is 0. The van der Waals surface area contributed by atoms with Crippen molar-refractivity contribution >= 4 is 22.1 Å². The van der Waals surface area contributed by atoms with Crippen molar-refractivity contribution < 1.29 is 56.8 Å². The van der Waals surface area contributed by atoms with Crippen LogP contribution in [0.15, 0.2) is 72.9 Å². The van der Waals surface area contributed by atoms with Crippen LogP contribution >= 0.6 is 0 Å². The molecule has 0 aromatic carbocycles. The van der Waals surface area contributed by atoms with Gasteiger partial charge in [-0.25, -0.2) is 0 Å². The SMILES string of the molecule is CC/C=C/C=C/C=C/CCCCCCCC(=O)OC(COC(=O)CCCCCCCCCCCCC/C=C/C/C=C/C/C=C/CC)CO[C@H]1O[C@H](CS(=O)(=O)O)[C@@H](O)C(O)C1O. The molecule has 1 fully saturated rings. The first-order valence-electron chi connectivity index (χ1n) is 23.5. The molecule has 0 aromatic rings. The first kappa shape index (κ1) is 57.1. The molecule has 0 spiro atoms. The monoisotopic (exact) mass is 895 g/mol. The summed E-state index contributed by atoms with van der Waals surface area (Å²) in [7, 11) is -4.61. The Balaban J connectivity index is 2.39. The van der Waals surface area contributed by atoms with Gasteiger partial charge in [-0.1, -0.05) is 164 Å². The van der Waals surface area contributed by atoms with Crippen LogP contribution in [0, 0.1) is 0 Å². The molecule has 13 heteroatoms. The zero-order valence-corrected chi connectivity index (χ0v) is 38.8. The van der Waals surface area contributed by atoms with Crippen LogP contribution in [0.3, 0.4) is 0 Å². The van der Waals surface area contributed by atoms with E-state index in [0.717, 1.165) is 83.5 Å². The van der Waals surface area contributed by atoms with E-state index in [1.165, 1.54) is 44.9 Å². The fraction of sp³-hybridized carbons (Fsp3) is 0.714. The highest BCUT2D eigenvalue weighted by atomic mass is 32.2. The molecule has 6 atom stereocenters. The number of carbonyl (C=O) groups is 2. The van der Waals surface area contributed by atoms with Gasteiger partial charge >= 0.3 is 11.9 Å². The number of esters is 2. The van der Waals surface area contributed by atoms with E-state index >= 15 is 0 Å². The highest BCUT2D eigenvalue weighted by Gasteiger charge is 2.46. The maximum atomic E-state index is 12.8. The van der Waals surface area contributed by atoms with Crippen LogP contribution in [0.4, 0.5) is 0 Å². The van der Waals surface area contributed by atoms with E-state index < -0.39 is 71.2 Å². The summed E-state index contributed by atoms with van der Waals surface area (Å²) in [4.78, 5) is 25.4. The van der Waals surface area contributed by atoms with Gasteiger partial charge in [-0.2, -0.15) is 8.42 Å². The van der Waals surface area contributed by atoms with Crippen molar-refractivity contribution in [3.05, 3.63) is 72.9 Å². The van der Waals surface area contributed by atoms with Gasteiger partial charge < -0.3 is 34.3 Å².